The van der Waals surface area contributed by atoms with E-state index in [1.54, 1.807) is 6.92 Å². The first-order valence-electron chi connectivity index (χ1n) is 4.17. The van der Waals surface area contributed by atoms with Crippen LogP contribution in [0.2, 0.25) is 0 Å². The summed E-state index contributed by atoms with van der Waals surface area (Å²) in [7, 11) is 0. The number of rotatable bonds is 2. The maximum Gasteiger partial charge on any atom is 0.0934 e. The van der Waals surface area contributed by atoms with E-state index in [0.29, 0.717) is 0 Å². The standard InChI is InChI=1S/C11H9BrN2/c1-11(8-14,6-7-13)9-4-2-3-5-10(9)12/h2-5H,6H2,1H3. The summed E-state index contributed by atoms with van der Waals surface area (Å²) in [5, 5.41) is 17.7. The second-order valence-corrected chi connectivity index (χ2v) is 4.11. The van der Waals surface area contributed by atoms with Gasteiger partial charge in [0.05, 0.1) is 24.0 Å². The number of benzene rings is 1. The first-order chi connectivity index (χ1) is 6.64. The molecule has 0 saturated heterocycles. The van der Waals surface area contributed by atoms with Crippen molar-refractivity contribution >= 4 is 15.9 Å². The number of hydrogen-bond acceptors (Lipinski definition) is 2. The Bertz CT molecular complexity index is 414. The SMILES string of the molecule is CC(C#N)(CC#N)c1ccccc1Br. The number of halogens is 1. The van der Waals surface area contributed by atoms with Crippen LogP contribution >= 0.6 is 15.9 Å². The lowest BCUT2D eigenvalue weighted by Gasteiger charge is -2.19. The molecule has 0 aliphatic carbocycles. The van der Waals surface area contributed by atoms with Crippen molar-refractivity contribution in [2.24, 2.45) is 0 Å². The Labute approximate surface area is 91.9 Å². The molecular weight excluding hydrogens is 240 g/mol. The molecular formula is C11H9BrN2. The van der Waals surface area contributed by atoms with E-state index in [1.807, 2.05) is 30.3 Å². The first kappa shape index (κ1) is 10.8. The summed E-state index contributed by atoms with van der Waals surface area (Å²) in [6.45, 7) is 1.77. The third-order valence-electron chi connectivity index (χ3n) is 2.15. The van der Waals surface area contributed by atoms with Gasteiger partial charge in [-0.3, -0.25) is 0 Å². The Kier molecular flexibility index (Phi) is 3.28. The van der Waals surface area contributed by atoms with Gasteiger partial charge in [-0.05, 0) is 18.6 Å². The summed E-state index contributed by atoms with van der Waals surface area (Å²) >= 11 is 3.38. The molecule has 1 aromatic rings. The topological polar surface area (TPSA) is 47.6 Å². The number of hydrogen-bond donors (Lipinski definition) is 0. The van der Waals surface area contributed by atoms with Gasteiger partial charge >= 0.3 is 0 Å². The summed E-state index contributed by atoms with van der Waals surface area (Å²) in [5.41, 5.74) is 0.138. The summed E-state index contributed by atoms with van der Waals surface area (Å²) in [5.74, 6) is 0. The highest BCUT2D eigenvalue weighted by Gasteiger charge is 2.27. The zero-order chi connectivity index (χ0) is 10.6. The third-order valence-corrected chi connectivity index (χ3v) is 2.84. The van der Waals surface area contributed by atoms with Crippen molar-refractivity contribution in [3.05, 3.63) is 34.3 Å². The number of nitrogens with zero attached hydrogens (tertiary/aromatic N) is 2. The normalized spacial score (nSPS) is 13.7. The van der Waals surface area contributed by atoms with Crippen LogP contribution in [0.25, 0.3) is 0 Å². The van der Waals surface area contributed by atoms with Crippen molar-refractivity contribution in [1.29, 1.82) is 10.5 Å². The molecule has 70 valence electrons. The molecule has 0 N–H and O–H groups in total. The smallest absolute Gasteiger partial charge is 0.0934 e. The van der Waals surface area contributed by atoms with Crippen molar-refractivity contribution in [3.8, 4) is 12.1 Å². The lowest BCUT2D eigenvalue weighted by molar-refractivity contribution is 0.624. The summed E-state index contributed by atoms with van der Waals surface area (Å²) in [6, 6.07) is 11.7. The molecule has 1 aromatic carbocycles. The zero-order valence-corrected chi connectivity index (χ0v) is 9.37. The van der Waals surface area contributed by atoms with E-state index in [0.717, 1.165) is 10.0 Å². The monoisotopic (exact) mass is 248 g/mol. The van der Waals surface area contributed by atoms with E-state index in [1.165, 1.54) is 0 Å². The maximum atomic E-state index is 9.07. The molecule has 0 bridgehead atoms. The average molecular weight is 249 g/mol. The molecule has 0 spiro atoms. The number of nitriles is 2. The van der Waals surface area contributed by atoms with E-state index < -0.39 is 5.41 Å². The predicted molar refractivity (Wildman–Crippen MR) is 57.3 cm³/mol. The molecule has 0 aromatic heterocycles. The fraction of sp³-hybridized carbons (Fsp3) is 0.273. The van der Waals surface area contributed by atoms with Gasteiger partial charge in [-0.2, -0.15) is 10.5 Å². The lowest BCUT2D eigenvalue weighted by Crippen LogP contribution is -2.19. The van der Waals surface area contributed by atoms with Crippen LogP contribution in [0.15, 0.2) is 28.7 Å². The van der Waals surface area contributed by atoms with Gasteiger partial charge in [0.1, 0.15) is 0 Å². The molecule has 1 rings (SSSR count). The van der Waals surface area contributed by atoms with Gasteiger partial charge in [-0.1, -0.05) is 34.1 Å². The second-order valence-electron chi connectivity index (χ2n) is 3.26. The minimum absolute atomic E-state index is 0.201. The Morgan fingerprint density at radius 3 is 2.50 bits per heavy atom. The first-order valence-corrected chi connectivity index (χ1v) is 4.96. The molecule has 0 saturated carbocycles. The minimum atomic E-state index is -0.727. The van der Waals surface area contributed by atoms with Crippen LogP contribution < -0.4 is 0 Å². The van der Waals surface area contributed by atoms with E-state index in [9.17, 15) is 0 Å². The van der Waals surface area contributed by atoms with Crippen LogP contribution in [0.5, 0.6) is 0 Å². The molecule has 0 aliphatic heterocycles. The second kappa shape index (κ2) is 4.26. The van der Waals surface area contributed by atoms with Crippen LogP contribution in [-0.2, 0) is 5.41 Å². The van der Waals surface area contributed by atoms with Crippen molar-refractivity contribution < 1.29 is 0 Å². The molecule has 3 heteroatoms. The van der Waals surface area contributed by atoms with E-state index in [-0.39, 0.29) is 6.42 Å². The lowest BCUT2D eigenvalue weighted by atomic mass is 9.81. The third kappa shape index (κ3) is 1.95. The predicted octanol–water partition coefficient (Wildman–Crippen LogP) is 3.14. The average Bonchev–Trinajstić information content (AvgIpc) is 2.18. The minimum Gasteiger partial charge on any atom is -0.198 e. The Morgan fingerprint density at radius 2 is 2.00 bits per heavy atom. The van der Waals surface area contributed by atoms with Crippen molar-refractivity contribution in [3.63, 3.8) is 0 Å². The highest BCUT2D eigenvalue weighted by Crippen LogP contribution is 2.32. The van der Waals surface area contributed by atoms with Crippen LogP contribution in [0, 0.1) is 22.7 Å². The Morgan fingerprint density at radius 1 is 1.36 bits per heavy atom. The van der Waals surface area contributed by atoms with E-state index in [2.05, 4.69) is 22.0 Å². The van der Waals surface area contributed by atoms with Crippen LogP contribution in [0.1, 0.15) is 18.9 Å². The molecule has 1 atom stereocenters. The molecule has 1 unspecified atom stereocenters. The van der Waals surface area contributed by atoms with Gasteiger partial charge in [-0.25, -0.2) is 0 Å². The molecule has 0 heterocycles. The van der Waals surface area contributed by atoms with Crippen molar-refractivity contribution in [2.75, 3.05) is 0 Å². The highest BCUT2D eigenvalue weighted by molar-refractivity contribution is 9.10. The Hall–Kier alpha value is -1.32. The van der Waals surface area contributed by atoms with E-state index >= 15 is 0 Å². The molecule has 0 fully saturated rings. The molecule has 14 heavy (non-hydrogen) atoms. The van der Waals surface area contributed by atoms with Crippen LogP contribution in [0.4, 0.5) is 0 Å². The fourth-order valence-corrected chi connectivity index (χ4v) is 1.98. The van der Waals surface area contributed by atoms with Crippen molar-refractivity contribution in [2.45, 2.75) is 18.8 Å². The van der Waals surface area contributed by atoms with Crippen LogP contribution in [0.3, 0.4) is 0 Å². The summed E-state index contributed by atoms with van der Waals surface area (Å²) in [6.07, 6.45) is 0.201. The fourth-order valence-electron chi connectivity index (χ4n) is 1.26. The maximum absolute atomic E-state index is 9.07. The molecule has 0 radical (unpaired) electrons. The Balaban J connectivity index is 3.22. The summed E-state index contributed by atoms with van der Waals surface area (Å²) in [4.78, 5) is 0. The highest BCUT2D eigenvalue weighted by atomic mass is 79.9. The molecule has 0 aliphatic rings. The van der Waals surface area contributed by atoms with Gasteiger partial charge in [0.25, 0.3) is 0 Å². The summed E-state index contributed by atoms with van der Waals surface area (Å²) < 4.78 is 0.874. The zero-order valence-electron chi connectivity index (χ0n) is 7.79. The molecule has 2 nitrogen and oxygen atoms in total. The van der Waals surface area contributed by atoms with Gasteiger partial charge in [0.2, 0.25) is 0 Å². The van der Waals surface area contributed by atoms with E-state index in [4.69, 9.17) is 10.5 Å². The largest absolute Gasteiger partial charge is 0.198 e. The van der Waals surface area contributed by atoms with Crippen LogP contribution in [-0.4, -0.2) is 0 Å². The van der Waals surface area contributed by atoms with Crippen molar-refractivity contribution in [1.82, 2.24) is 0 Å². The van der Waals surface area contributed by atoms with Gasteiger partial charge < -0.3 is 0 Å². The molecule has 0 amide bonds. The van der Waals surface area contributed by atoms with Gasteiger partial charge in [0, 0.05) is 4.47 Å². The van der Waals surface area contributed by atoms with Gasteiger partial charge in [-0.15, -0.1) is 0 Å². The quantitative estimate of drug-likeness (QED) is 0.808. The van der Waals surface area contributed by atoms with Gasteiger partial charge in [0.15, 0.2) is 0 Å².